The lowest BCUT2D eigenvalue weighted by Gasteiger charge is -2.31. The second-order valence-corrected chi connectivity index (χ2v) is 8.49. The Morgan fingerprint density at radius 2 is 1.78 bits per heavy atom. The fourth-order valence-electron chi connectivity index (χ4n) is 4.45. The number of aromatic nitrogens is 1. The highest BCUT2D eigenvalue weighted by atomic mass is 35.5. The summed E-state index contributed by atoms with van der Waals surface area (Å²) in [6.07, 6.45) is 11.1. The zero-order valence-electron chi connectivity index (χ0n) is 15.3. The van der Waals surface area contributed by atoms with Crippen molar-refractivity contribution in [3.63, 3.8) is 0 Å². The van der Waals surface area contributed by atoms with Crippen LogP contribution in [0.3, 0.4) is 0 Å². The van der Waals surface area contributed by atoms with Gasteiger partial charge in [0.15, 0.2) is 0 Å². The summed E-state index contributed by atoms with van der Waals surface area (Å²) in [5, 5.41) is 1.26. The van der Waals surface area contributed by atoms with Gasteiger partial charge in [-0.2, -0.15) is 0 Å². The van der Waals surface area contributed by atoms with Gasteiger partial charge < -0.3 is 4.90 Å². The van der Waals surface area contributed by atoms with E-state index in [9.17, 15) is 4.79 Å². The molecule has 2 fully saturated rings. The standard InChI is InChI=1S/C22H24Cl2N2O/c23-20-12-17(16-5-4-9-25-14-16)13-21(24)19(20)11-15-8-10-26(22(15)27)18-6-2-1-3-7-18/h4-5,9,12-15,18H,1-3,6-8,10-11H2. The Balaban J connectivity index is 1.50. The zero-order chi connectivity index (χ0) is 18.8. The number of carbonyl (C=O) groups is 1. The third-order valence-corrected chi connectivity index (χ3v) is 6.63. The highest BCUT2D eigenvalue weighted by Gasteiger charge is 2.36. The summed E-state index contributed by atoms with van der Waals surface area (Å²) in [7, 11) is 0. The van der Waals surface area contributed by atoms with Gasteiger partial charge >= 0.3 is 0 Å². The van der Waals surface area contributed by atoms with Crippen molar-refractivity contribution in [1.82, 2.24) is 9.88 Å². The summed E-state index contributed by atoms with van der Waals surface area (Å²) >= 11 is 13.1. The van der Waals surface area contributed by atoms with E-state index in [2.05, 4.69) is 9.88 Å². The number of benzene rings is 1. The van der Waals surface area contributed by atoms with E-state index in [4.69, 9.17) is 23.2 Å². The monoisotopic (exact) mass is 402 g/mol. The van der Waals surface area contributed by atoms with Crippen LogP contribution >= 0.6 is 23.2 Å². The molecule has 1 unspecified atom stereocenters. The van der Waals surface area contributed by atoms with E-state index in [-0.39, 0.29) is 11.8 Å². The summed E-state index contributed by atoms with van der Waals surface area (Å²) in [6, 6.07) is 8.17. The molecule has 2 heterocycles. The summed E-state index contributed by atoms with van der Waals surface area (Å²) in [5.41, 5.74) is 2.81. The van der Waals surface area contributed by atoms with Gasteiger partial charge in [-0.05, 0) is 55.0 Å². The number of carbonyl (C=O) groups excluding carboxylic acids is 1. The second-order valence-electron chi connectivity index (χ2n) is 7.67. The average molecular weight is 403 g/mol. The van der Waals surface area contributed by atoms with Crippen molar-refractivity contribution >= 4 is 29.1 Å². The predicted octanol–water partition coefficient (Wildman–Crippen LogP) is 5.78. The van der Waals surface area contributed by atoms with Gasteiger partial charge in [0.1, 0.15) is 0 Å². The Labute approximate surface area is 170 Å². The highest BCUT2D eigenvalue weighted by Crippen LogP contribution is 2.36. The zero-order valence-corrected chi connectivity index (χ0v) is 16.8. The first-order valence-corrected chi connectivity index (χ1v) is 10.6. The van der Waals surface area contributed by atoms with Crippen LogP contribution in [-0.2, 0) is 11.2 Å². The van der Waals surface area contributed by atoms with Gasteiger partial charge in [-0.15, -0.1) is 0 Å². The lowest BCUT2D eigenvalue weighted by atomic mass is 9.93. The van der Waals surface area contributed by atoms with Gasteiger partial charge in [-0.25, -0.2) is 0 Å². The second kappa shape index (κ2) is 8.20. The molecule has 1 aliphatic heterocycles. The molecule has 1 saturated carbocycles. The number of halogens is 2. The molecule has 0 bridgehead atoms. The van der Waals surface area contributed by atoms with Crippen LogP contribution in [0.2, 0.25) is 10.0 Å². The lowest BCUT2D eigenvalue weighted by molar-refractivity contribution is -0.133. The van der Waals surface area contributed by atoms with Crippen LogP contribution in [0.1, 0.15) is 44.1 Å². The third kappa shape index (κ3) is 4.00. The minimum Gasteiger partial charge on any atom is -0.339 e. The highest BCUT2D eigenvalue weighted by molar-refractivity contribution is 6.36. The minimum absolute atomic E-state index is 0.00818. The van der Waals surface area contributed by atoms with E-state index in [0.29, 0.717) is 22.5 Å². The number of amides is 1. The van der Waals surface area contributed by atoms with Crippen molar-refractivity contribution in [2.75, 3.05) is 6.54 Å². The molecule has 4 rings (SSSR count). The molecule has 1 aromatic heterocycles. The van der Waals surface area contributed by atoms with Crippen molar-refractivity contribution in [2.24, 2.45) is 5.92 Å². The fourth-order valence-corrected chi connectivity index (χ4v) is 5.09. The first kappa shape index (κ1) is 18.8. The lowest BCUT2D eigenvalue weighted by Crippen LogP contribution is -2.39. The first-order valence-electron chi connectivity index (χ1n) is 9.82. The molecule has 2 aromatic rings. The van der Waals surface area contributed by atoms with Crippen LogP contribution in [0, 0.1) is 5.92 Å². The quantitative estimate of drug-likeness (QED) is 0.649. The van der Waals surface area contributed by atoms with Crippen molar-refractivity contribution < 1.29 is 4.79 Å². The van der Waals surface area contributed by atoms with Crippen LogP contribution in [0.4, 0.5) is 0 Å². The third-order valence-electron chi connectivity index (χ3n) is 5.95. The Hall–Kier alpha value is -1.58. The van der Waals surface area contributed by atoms with Crippen molar-refractivity contribution in [3.8, 4) is 11.1 Å². The molecule has 0 N–H and O–H groups in total. The van der Waals surface area contributed by atoms with E-state index in [1.165, 1.54) is 19.3 Å². The Kier molecular flexibility index (Phi) is 5.70. The predicted molar refractivity (Wildman–Crippen MR) is 110 cm³/mol. The van der Waals surface area contributed by atoms with Crippen LogP contribution in [0.15, 0.2) is 36.7 Å². The summed E-state index contributed by atoms with van der Waals surface area (Å²) in [5.74, 6) is 0.275. The van der Waals surface area contributed by atoms with E-state index < -0.39 is 0 Å². The maximum atomic E-state index is 13.0. The number of pyridine rings is 1. The van der Waals surface area contributed by atoms with E-state index in [0.717, 1.165) is 42.5 Å². The molecular weight excluding hydrogens is 379 g/mol. The molecule has 1 amide bonds. The molecule has 3 nitrogen and oxygen atoms in total. The van der Waals surface area contributed by atoms with Crippen molar-refractivity contribution in [1.29, 1.82) is 0 Å². The molecule has 1 aromatic carbocycles. The molecule has 5 heteroatoms. The SMILES string of the molecule is O=C1C(Cc2c(Cl)cc(-c3cccnc3)cc2Cl)CCN1C1CCCCC1. The largest absolute Gasteiger partial charge is 0.339 e. The molecule has 142 valence electrons. The van der Waals surface area contributed by atoms with Gasteiger partial charge in [0, 0.05) is 46.5 Å². The minimum atomic E-state index is -0.00818. The van der Waals surface area contributed by atoms with Crippen LogP contribution in [-0.4, -0.2) is 28.4 Å². The van der Waals surface area contributed by atoms with E-state index in [1.54, 1.807) is 12.4 Å². The summed E-state index contributed by atoms with van der Waals surface area (Å²) in [4.78, 5) is 19.2. The van der Waals surface area contributed by atoms with Gasteiger partial charge in [-0.3, -0.25) is 9.78 Å². The molecule has 0 spiro atoms. The van der Waals surface area contributed by atoms with Crippen LogP contribution in [0.5, 0.6) is 0 Å². The molecule has 27 heavy (non-hydrogen) atoms. The Morgan fingerprint density at radius 3 is 2.44 bits per heavy atom. The maximum Gasteiger partial charge on any atom is 0.226 e. The topological polar surface area (TPSA) is 33.2 Å². The number of nitrogens with zero attached hydrogens (tertiary/aromatic N) is 2. The Morgan fingerprint density at radius 1 is 1.04 bits per heavy atom. The fraction of sp³-hybridized carbons (Fsp3) is 0.455. The average Bonchev–Trinajstić information content (AvgIpc) is 3.06. The smallest absolute Gasteiger partial charge is 0.226 e. The van der Waals surface area contributed by atoms with Gasteiger partial charge in [-0.1, -0.05) is 48.5 Å². The number of likely N-dealkylation sites (tertiary alicyclic amines) is 1. The van der Waals surface area contributed by atoms with Gasteiger partial charge in [0.2, 0.25) is 5.91 Å². The molecule has 1 saturated heterocycles. The first-order chi connectivity index (χ1) is 13.1. The van der Waals surface area contributed by atoms with E-state index >= 15 is 0 Å². The molecule has 2 aliphatic rings. The summed E-state index contributed by atoms with van der Waals surface area (Å²) < 4.78 is 0. The number of rotatable bonds is 4. The van der Waals surface area contributed by atoms with E-state index in [1.807, 2.05) is 24.3 Å². The van der Waals surface area contributed by atoms with Crippen molar-refractivity contribution in [3.05, 3.63) is 52.3 Å². The van der Waals surface area contributed by atoms with Crippen LogP contribution < -0.4 is 0 Å². The Bertz CT molecular complexity index is 795. The normalized spacial score (nSPS) is 21.0. The molecule has 1 atom stereocenters. The molecule has 1 aliphatic carbocycles. The maximum absolute atomic E-state index is 13.0. The number of hydrogen-bond acceptors (Lipinski definition) is 2. The molecular formula is C22H24Cl2N2O. The van der Waals surface area contributed by atoms with Crippen LogP contribution in [0.25, 0.3) is 11.1 Å². The molecule has 0 radical (unpaired) electrons. The summed E-state index contributed by atoms with van der Waals surface area (Å²) in [6.45, 7) is 0.872. The van der Waals surface area contributed by atoms with Gasteiger partial charge in [0.25, 0.3) is 0 Å². The van der Waals surface area contributed by atoms with Crippen molar-refractivity contribution in [2.45, 2.75) is 51.0 Å². The van der Waals surface area contributed by atoms with Gasteiger partial charge in [0.05, 0.1) is 0 Å². The number of hydrogen-bond donors (Lipinski definition) is 0.